The van der Waals surface area contributed by atoms with E-state index in [0.29, 0.717) is 0 Å². The van der Waals surface area contributed by atoms with Gasteiger partial charge in [-0.3, -0.25) is 0 Å². The summed E-state index contributed by atoms with van der Waals surface area (Å²) in [4.78, 5) is -0.206. The Hall–Kier alpha value is -0.720. The molecule has 0 aliphatic rings. The standard InChI is InChI=1S/C16H18Cl2/c17-16(18)12-3-1-2-7-13-9-6-10-14-8-4-5-11-15(13)14/h4-6,8-11,16H,1-3,7,12H2. The fraction of sp³-hybridized carbons (Fsp3) is 0.375. The number of benzene rings is 2. The minimum atomic E-state index is -0.206. The summed E-state index contributed by atoms with van der Waals surface area (Å²) in [6.07, 6.45) is 5.55. The van der Waals surface area contributed by atoms with Crippen LogP contribution in [0.3, 0.4) is 0 Å². The number of unbranched alkanes of at least 4 members (excludes halogenated alkanes) is 2. The van der Waals surface area contributed by atoms with Crippen LogP contribution in [-0.4, -0.2) is 4.84 Å². The molecular formula is C16H18Cl2. The van der Waals surface area contributed by atoms with Gasteiger partial charge in [0.2, 0.25) is 0 Å². The Balaban J connectivity index is 1.91. The Kier molecular flexibility index (Phi) is 5.34. The third-order valence-corrected chi connectivity index (χ3v) is 3.68. The molecule has 0 atom stereocenters. The lowest BCUT2D eigenvalue weighted by Gasteiger charge is -2.06. The molecule has 2 aromatic carbocycles. The Morgan fingerprint density at radius 2 is 1.61 bits per heavy atom. The summed E-state index contributed by atoms with van der Waals surface area (Å²) in [6.45, 7) is 0. The highest BCUT2D eigenvalue weighted by Crippen LogP contribution is 2.21. The van der Waals surface area contributed by atoms with Crippen molar-refractivity contribution in [1.29, 1.82) is 0 Å². The lowest BCUT2D eigenvalue weighted by Crippen LogP contribution is -1.90. The first-order valence-electron chi connectivity index (χ1n) is 6.52. The van der Waals surface area contributed by atoms with Crippen molar-refractivity contribution in [3.63, 3.8) is 0 Å². The van der Waals surface area contributed by atoms with Crippen LogP contribution in [0.15, 0.2) is 42.5 Å². The highest BCUT2D eigenvalue weighted by molar-refractivity contribution is 6.44. The number of halogens is 2. The molecule has 0 N–H and O–H groups in total. The summed E-state index contributed by atoms with van der Waals surface area (Å²) in [6, 6.07) is 15.1. The number of hydrogen-bond acceptors (Lipinski definition) is 0. The maximum Gasteiger partial charge on any atom is 0.107 e. The molecule has 0 saturated carbocycles. The highest BCUT2D eigenvalue weighted by Gasteiger charge is 2.01. The molecule has 0 spiro atoms. The third-order valence-electron chi connectivity index (χ3n) is 3.25. The second-order valence-corrected chi connectivity index (χ2v) is 5.91. The molecule has 0 aliphatic heterocycles. The summed E-state index contributed by atoms with van der Waals surface area (Å²) in [7, 11) is 0. The second-order valence-electron chi connectivity index (χ2n) is 4.63. The van der Waals surface area contributed by atoms with E-state index in [4.69, 9.17) is 23.2 Å². The van der Waals surface area contributed by atoms with Gasteiger partial charge in [0.05, 0.1) is 0 Å². The van der Waals surface area contributed by atoms with Crippen LogP contribution in [0.4, 0.5) is 0 Å². The molecule has 0 radical (unpaired) electrons. The van der Waals surface area contributed by atoms with Crippen molar-refractivity contribution in [2.24, 2.45) is 0 Å². The van der Waals surface area contributed by atoms with Crippen LogP contribution < -0.4 is 0 Å². The maximum atomic E-state index is 5.72. The molecule has 0 fully saturated rings. The van der Waals surface area contributed by atoms with Gasteiger partial charge in [-0.1, -0.05) is 55.3 Å². The van der Waals surface area contributed by atoms with Crippen LogP contribution in [0.1, 0.15) is 31.2 Å². The Morgan fingerprint density at radius 1 is 0.833 bits per heavy atom. The van der Waals surface area contributed by atoms with Crippen molar-refractivity contribution in [3.8, 4) is 0 Å². The van der Waals surface area contributed by atoms with Crippen LogP contribution in [0.25, 0.3) is 10.8 Å². The molecule has 0 heterocycles. The first-order chi connectivity index (χ1) is 8.77. The monoisotopic (exact) mass is 280 g/mol. The minimum Gasteiger partial charge on any atom is -0.105 e. The first kappa shape index (κ1) is 13.7. The molecule has 0 aliphatic carbocycles. The second kappa shape index (κ2) is 7.01. The molecule has 0 aromatic heterocycles. The van der Waals surface area contributed by atoms with Crippen molar-refractivity contribution in [2.45, 2.75) is 36.9 Å². The van der Waals surface area contributed by atoms with Crippen LogP contribution in [0.2, 0.25) is 0 Å². The molecule has 2 rings (SSSR count). The molecule has 0 saturated heterocycles. The SMILES string of the molecule is ClC(Cl)CCCCCc1cccc2ccccc12. The molecule has 0 unspecified atom stereocenters. The van der Waals surface area contributed by atoms with Crippen LogP contribution in [-0.2, 0) is 6.42 Å². The quantitative estimate of drug-likeness (QED) is 0.467. The van der Waals surface area contributed by atoms with Crippen molar-refractivity contribution in [1.82, 2.24) is 0 Å². The van der Waals surface area contributed by atoms with E-state index in [0.717, 1.165) is 19.3 Å². The van der Waals surface area contributed by atoms with E-state index < -0.39 is 0 Å². The highest BCUT2D eigenvalue weighted by atomic mass is 35.5. The predicted octanol–water partition coefficient (Wildman–Crippen LogP) is 5.75. The molecule has 0 amide bonds. The van der Waals surface area contributed by atoms with Gasteiger partial charge in [0, 0.05) is 0 Å². The van der Waals surface area contributed by atoms with Gasteiger partial charge in [-0.15, -0.1) is 23.2 Å². The molecule has 0 nitrogen and oxygen atoms in total. The van der Waals surface area contributed by atoms with E-state index >= 15 is 0 Å². The predicted molar refractivity (Wildman–Crippen MR) is 81.6 cm³/mol. The topological polar surface area (TPSA) is 0 Å². The van der Waals surface area contributed by atoms with Gasteiger partial charge in [0.25, 0.3) is 0 Å². The molecule has 0 bridgehead atoms. The number of rotatable bonds is 6. The van der Waals surface area contributed by atoms with E-state index in [1.54, 1.807) is 0 Å². The Morgan fingerprint density at radius 3 is 2.44 bits per heavy atom. The molecule has 96 valence electrons. The van der Waals surface area contributed by atoms with E-state index in [2.05, 4.69) is 42.5 Å². The van der Waals surface area contributed by atoms with Gasteiger partial charge < -0.3 is 0 Å². The number of fused-ring (bicyclic) bond motifs is 1. The molecular weight excluding hydrogens is 263 g/mol. The van der Waals surface area contributed by atoms with E-state index in [1.807, 2.05) is 0 Å². The normalized spacial score (nSPS) is 11.3. The minimum absolute atomic E-state index is 0.206. The molecule has 18 heavy (non-hydrogen) atoms. The zero-order chi connectivity index (χ0) is 12.8. The fourth-order valence-corrected chi connectivity index (χ4v) is 2.61. The maximum absolute atomic E-state index is 5.72. The average molecular weight is 281 g/mol. The van der Waals surface area contributed by atoms with Gasteiger partial charge in [-0.2, -0.15) is 0 Å². The molecule has 2 heteroatoms. The van der Waals surface area contributed by atoms with E-state index in [9.17, 15) is 0 Å². The summed E-state index contributed by atoms with van der Waals surface area (Å²) < 4.78 is 0. The Labute approximate surface area is 119 Å². The van der Waals surface area contributed by atoms with Crippen LogP contribution in [0, 0.1) is 0 Å². The van der Waals surface area contributed by atoms with Gasteiger partial charge in [-0.25, -0.2) is 0 Å². The lowest BCUT2D eigenvalue weighted by molar-refractivity contribution is 0.661. The van der Waals surface area contributed by atoms with Gasteiger partial charge in [-0.05, 0) is 35.6 Å². The fourth-order valence-electron chi connectivity index (χ4n) is 2.30. The zero-order valence-electron chi connectivity index (χ0n) is 10.4. The number of aryl methyl sites for hydroxylation is 1. The van der Waals surface area contributed by atoms with E-state index in [1.165, 1.54) is 29.2 Å². The van der Waals surface area contributed by atoms with E-state index in [-0.39, 0.29) is 4.84 Å². The summed E-state index contributed by atoms with van der Waals surface area (Å²) >= 11 is 11.4. The Bertz CT molecular complexity index is 486. The lowest BCUT2D eigenvalue weighted by atomic mass is 9.99. The van der Waals surface area contributed by atoms with Crippen LogP contribution in [0.5, 0.6) is 0 Å². The molecule has 2 aromatic rings. The number of alkyl halides is 2. The average Bonchev–Trinajstić information content (AvgIpc) is 2.38. The van der Waals surface area contributed by atoms with Crippen LogP contribution >= 0.6 is 23.2 Å². The van der Waals surface area contributed by atoms with Gasteiger partial charge in [0.1, 0.15) is 4.84 Å². The number of hydrogen-bond donors (Lipinski definition) is 0. The van der Waals surface area contributed by atoms with Gasteiger partial charge >= 0.3 is 0 Å². The van der Waals surface area contributed by atoms with Crippen molar-refractivity contribution >= 4 is 34.0 Å². The third kappa shape index (κ3) is 3.90. The summed E-state index contributed by atoms with van der Waals surface area (Å²) in [5.41, 5.74) is 1.45. The first-order valence-corrected chi connectivity index (χ1v) is 7.39. The zero-order valence-corrected chi connectivity index (χ0v) is 11.9. The smallest absolute Gasteiger partial charge is 0.105 e. The van der Waals surface area contributed by atoms with Crippen molar-refractivity contribution in [2.75, 3.05) is 0 Å². The van der Waals surface area contributed by atoms with Crippen molar-refractivity contribution < 1.29 is 0 Å². The van der Waals surface area contributed by atoms with Gasteiger partial charge in [0.15, 0.2) is 0 Å². The van der Waals surface area contributed by atoms with Crippen molar-refractivity contribution in [3.05, 3.63) is 48.0 Å². The summed E-state index contributed by atoms with van der Waals surface area (Å²) in [5, 5.41) is 2.71. The summed E-state index contributed by atoms with van der Waals surface area (Å²) in [5.74, 6) is 0. The largest absolute Gasteiger partial charge is 0.107 e.